The van der Waals surface area contributed by atoms with Gasteiger partial charge < -0.3 is 5.11 Å². The van der Waals surface area contributed by atoms with Gasteiger partial charge in [-0.1, -0.05) is 25.7 Å². The number of thiophene rings is 1. The SMILES string of the molecule is O=C(Nc1ccc2ncc(-c3csc(CO)c3)nc2n1)N(S)C1CCCC1. The van der Waals surface area contributed by atoms with Gasteiger partial charge in [-0.3, -0.25) is 14.6 Å². The van der Waals surface area contributed by atoms with E-state index in [0.29, 0.717) is 22.7 Å². The summed E-state index contributed by atoms with van der Waals surface area (Å²) in [6, 6.07) is 5.25. The Kier molecular flexibility index (Phi) is 5.24. The molecule has 4 rings (SSSR count). The molecular weight excluding hydrogens is 382 g/mol. The molecule has 1 saturated carbocycles. The van der Waals surface area contributed by atoms with Crippen molar-refractivity contribution in [2.24, 2.45) is 0 Å². The number of carbonyl (C=O) groups excluding carboxylic acids is 1. The fourth-order valence-electron chi connectivity index (χ4n) is 3.19. The first-order chi connectivity index (χ1) is 13.1. The molecule has 3 heterocycles. The zero-order valence-corrected chi connectivity index (χ0v) is 16.2. The topological polar surface area (TPSA) is 91.2 Å². The van der Waals surface area contributed by atoms with Crippen LogP contribution in [0.15, 0.2) is 29.8 Å². The van der Waals surface area contributed by atoms with Gasteiger partial charge in [-0.2, -0.15) is 0 Å². The van der Waals surface area contributed by atoms with Crippen LogP contribution in [0.3, 0.4) is 0 Å². The number of rotatable bonds is 4. The zero-order chi connectivity index (χ0) is 18.8. The molecule has 0 spiro atoms. The Morgan fingerprint density at radius 1 is 1.33 bits per heavy atom. The highest BCUT2D eigenvalue weighted by molar-refractivity contribution is 7.78. The Balaban J connectivity index is 1.56. The van der Waals surface area contributed by atoms with E-state index in [9.17, 15) is 9.90 Å². The predicted molar refractivity (Wildman–Crippen MR) is 109 cm³/mol. The van der Waals surface area contributed by atoms with Crippen molar-refractivity contribution >= 4 is 47.2 Å². The van der Waals surface area contributed by atoms with Crippen LogP contribution < -0.4 is 5.32 Å². The van der Waals surface area contributed by atoms with Gasteiger partial charge in [0.15, 0.2) is 5.65 Å². The van der Waals surface area contributed by atoms with Crippen LogP contribution in [0.5, 0.6) is 0 Å². The molecule has 1 fully saturated rings. The highest BCUT2D eigenvalue weighted by Crippen LogP contribution is 2.26. The van der Waals surface area contributed by atoms with Crippen LogP contribution in [0.2, 0.25) is 0 Å². The van der Waals surface area contributed by atoms with E-state index in [1.54, 1.807) is 18.3 Å². The Hall–Kier alpha value is -2.23. The number of carbonyl (C=O) groups is 1. The Morgan fingerprint density at radius 3 is 2.89 bits per heavy atom. The van der Waals surface area contributed by atoms with E-state index < -0.39 is 0 Å². The smallest absolute Gasteiger partial charge is 0.333 e. The lowest BCUT2D eigenvalue weighted by atomic mass is 10.2. The zero-order valence-electron chi connectivity index (χ0n) is 14.5. The van der Waals surface area contributed by atoms with E-state index in [2.05, 4.69) is 33.1 Å². The summed E-state index contributed by atoms with van der Waals surface area (Å²) in [5.41, 5.74) is 2.66. The molecule has 7 nitrogen and oxygen atoms in total. The summed E-state index contributed by atoms with van der Waals surface area (Å²) in [5, 5.41) is 13.9. The van der Waals surface area contributed by atoms with E-state index in [0.717, 1.165) is 36.1 Å². The number of amides is 2. The van der Waals surface area contributed by atoms with Gasteiger partial charge in [0.05, 0.1) is 18.5 Å². The number of pyridine rings is 1. The molecule has 3 aromatic heterocycles. The second-order valence-electron chi connectivity index (χ2n) is 6.47. The Labute approximate surface area is 166 Å². The summed E-state index contributed by atoms with van der Waals surface area (Å²) in [4.78, 5) is 26.6. The van der Waals surface area contributed by atoms with Gasteiger partial charge in [-0.15, -0.1) is 11.3 Å². The van der Waals surface area contributed by atoms with E-state index in [4.69, 9.17) is 0 Å². The molecule has 2 N–H and O–H groups in total. The normalized spacial score (nSPS) is 14.6. The minimum Gasteiger partial charge on any atom is -0.391 e. The van der Waals surface area contributed by atoms with Crippen molar-refractivity contribution in [3.05, 3.63) is 34.7 Å². The van der Waals surface area contributed by atoms with Gasteiger partial charge in [0, 0.05) is 21.9 Å². The van der Waals surface area contributed by atoms with Crippen molar-refractivity contribution in [2.45, 2.75) is 38.3 Å². The number of aromatic nitrogens is 3. The fourth-order valence-corrected chi connectivity index (χ4v) is 4.20. The number of anilines is 1. The van der Waals surface area contributed by atoms with E-state index in [1.165, 1.54) is 15.6 Å². The Bertz CT molecular complexity index is 971. The first-order valence-electron chi connectivity index (χ1n) is 8.75. The average Bonchev–Trinajstić information content (AvgIpc) is 3.38. The van der Waals surface area contributed by atoms with E-state index in [1.807, 2.05) is 11.4 Å². The van der Waals surface area contributed by atoms with Gasteiger partial charge in [-0.05, 0) is 31.0 Å². The fraction of sp³-hybridized carbons (Fsp3) is 0.333. The number of nitrogens with one attached hydrogen (secondary N) is 1. The number of thiol groups is 1. The van der Waals surface area contributed by atoms with Crippen molar-refractivity contribution in [2.75, 3.05) is 5.32 Å². The van der Waals surface area contributed by atoms with Crippen LogP contribution in [-0.2, 0) is 6.61 Å². The minimum atomic E-state index is -0.286. The molecular formula is C18H19N5O2S2. The molecule has 0 saturated heterocycles. The number of nitrogens with zero attached hydrogens (tertiary/aromatic N) is 4. The lowest BCUT2D eigenvalue weighted by Gasteiger charge is -2.22. The molecule has 0 bridgehead atoms. The van der Waals surface area contributed by atoms with Crippen LogP contribution >= 0.6 is 24.2 Å². The summed E-state index contributed by atoms with van der Waals surface area (Å²) in [6.07, 6.45) is 5.89. The van der Waals surface area contributed by atoms with Crippen molar-refractivity contribution in [1.29, 1.82) is 0 Å². The molecule has 3 aromatic rings. The lowest BCUT2D eigenvalue weighted by molar-refractivity contribution is 0.230. The summed E-state index contributed by atoms with van der Waals surface area (Å²) < 4.78 is 1.46. The van der Waals surface area contributed by atoms with Gasteiger partial charge in [0.2, 0.25) is 0 Å². The largest absolute Gasteiger partial charge is 0.391 e. The summed E-state index contributed by atoms with van der Waals surface area (Å²) in [6.45, 7) is 0.00132. The lowest BCUT2D eigenvalue weighted by Crippen LogP contribution is -2.34. The summed E-state index contributed by atoms with van der Waals surface area (Å²) >= 11 is 5.81. The molecule has 1 aliphatic rings. The summed E-state index contributed by atoms with van der Waals surface area (Å²) in [5.74, 6) is 0.414. The standard InChI is InChI=1S/C18H19N5O2S2/c24-9-13-7-11(10-27-13)15-8-19-14-5-6-16(21-17(14)20-15)22-18(25)23(26)12-3-1-2-4-12/h5-8,10,12,24,26H,1-4,9H2,(H,20,21,22,25). The first-order valence-corrected chi connectivity index (χ1v) is 10.0. The molecule has 0 aromatic carbocycles. The highest BCUT2D eigenvalue weighted by Gasteiger charge is 2.24. The first kappa shape index (κ1) is 18.1. The number of urea groups is 1. The second-order valence-corrected chi connectivity index (χ2v) is 7.89. The van der Waals surface area contributed by atoms with Crippen LogP contribution in [0.25, 0.3) is 22.4 Å². The van der Waals surface area contributed by atoms with Crippen molar-refractivity contribution in [1.82, 2.24) is 19.3 Å². The molecule has 0 unspecified atom stereocenters. The second kappa shape index (κ2) is 7.79. The molecule has 140 valence electrons. The number of aliphatic hydroxyl groups excluding tert-OH is 1. The quantitative estimate of drug-likeness (QED) is 0.577. The number of fused-ring (bicyclic) bond motifs is 1. The molecule has 0 atom stereocenters. The van der Waals surface area contributed by atoms with Gasteiger partial charge in [0.1, 0.15) is 11.3 Å². The van der Waals surface area contributed by atoms with Crippen molar-refractivity contribution < 1.29 is 9.90 Å². The summed E-state index contributed by atoms with van der Waals surface area (Å²) in [7, 11) is 0. The number of hydrogen-bond acceptors (Lipinski definition) is 7. The average molecular weight is 402 g/mol. The third kappa shape index (κ3) is 3.90. The maximum Gasteiger partial charge on any atom is 0.333 e. The number of hydrogen-bond donors (Lipinski definition) is 3. The third-order valence-corrected chi connectivity index (χ3v) is 6.06. The molecule has 9 heteroatoms. The van der Waals surface area contributed by atoms with Crippen molar-refractivity contribution in [3.63, 3.8) is 0 Å². The Morgan fingerprint density at radius 2 is 2.15 bits per heavy atom. The van der Waals surface area contributed by atoms with Gasteiger partial charge >= 0.3 is 6.03 Å². The predicted octanol–water partition coefficient (Wildman–Crippen LogP) is 3.87. The van der Waals surface area contributed by atoms with Gasteiger partial charge in [0.25, 0.3) is 0 Å². The maximum absolute atomic E-state index is 12.4. The van der Waals surface area contributed by atoms with E-state index >= 15 is 0 Å². The molecule has 27 heavy (non-hydrogen) atoms. The molecule has 1 aliphatic carbocycles. The van der Waals surface area contributed by atoms with Crippen molar-refractivity contribution in [3.8, 4) is 11.3 Å². The number of aliphatic hydroxyl groups is 1. The van der Waals surface area contributed by atoms with Crippen LogP contribution in [-0.4, -0.2) is 36.4 Å². The highest BCUT2D eigenvalue weighted by atomic mass is 32.1. The van der Waals surface area contributed by atoms with Crippen LogP contribution in [0, 0.1) is 0 Å². The van der Waals surface area contributed by atoms with Crippen LogP contribution in [0.4, 0.5) is 10.6 Å². The minimum absolute atomic E-state index is 0.00132. The monoisotopic (exact) mass is 401 g/mol. The van der Waals surface area contributed by atoms with Gasteiger partial charge in [-0.25, -0.2) is 14.8 Å². The van der Waals surface area contributed by atoms with Crippen LogP contribution in [0.1, 0.15) is 30.6 Å². The maximum atomic E-state index is 12.4. The molecule has 0 radical (unpaired) electrons. The molecule has 0 aliphatic heterocycles. The van der Waals surface area contributed by atoms with E-state index in [-0.39, 0.29) is 18.7 Å². The molecule has 2 amide bonds. The third-order valence-electron chi connectivity index (χ3n) is 4.63.